The first-order valence-electron chi connectivity index (χ1n) is 9.76. The number of halogens is 2. The molecule has 0 heterocycles. The van der Waals surface area contributed by atoms with Gasteiger partial charge in [0.15, 0.2) is 0 Å². The summed E-state index contributed by atoms with van der Waals surface area (Å²) >= 11 is 0. The maximum absolute atomic E-state index is 13.6. The molecule has 0 bridgehead atoms. The van der Waals surface area contributed by atoms with Crippen molar-refractivity contribution in [2.24, 2.45) is 0 Å². The lowest BCUT2D eigenvalue weighted by molar-refractivity contribution is 0.0510. The van der Waals surface area contributed by atoms with Crippen LogP contribution in [-0.2, 0) is 15.6 Å². The summed E-state index contributed by atoms with van der Waals surface area (Å²) in [6.07, 6.45) is 1.80. The normalized spacial score (nSPS) is 16.0. The molecule has 2 atom stereocenters. The molecule has 0 amide bonds. The molecule has 2 aromatic carbocycles. The number of aryl methyl sites for hydroxylation is 2. The van der Waals surface area contributed by atoms with E-state index in [2.05, 4.69) is 27.7 Å². The Bertz CT molecular complexity index is 720. The highest BCUT2D eigenvalue weighted by molar-refractivity contribution is 5.31. The largest absolute Gasteiger partial charge is 0.380 e. The standard InChI is InChI=1S/C24H32F2O/c1-7-23(5,19-9-11-21(25)17(3)13-19)15-27-16-24(6,8-2)20-10-12-22(26)18(4)14-20/h9-14H,7-8,15-16H2,1-6H3. The molecule has 0 aliphatic rings. The number of ether oxygens (including phenoxy) is 1. The molecule has 148 valence electrons. The molecular formula is C24H32F2O. The van der Waals surface area contributed by atoms with Crippen molar-refractivity contribution >= 4 is 0 Å². The number of hydrogen-bond donors (Lipinski definition) is 0. The van der Waals surface area contributed by atoms with Crippen LogP contribution >= 0.6 is 0 Å². The molecule has 0 aromatic heterocycles. The third kappa shape index (κ3) is 4.76. The van der Waals surface area contributed by atoms with E-state index in [0.29, 0.717) is 24.3 Å². The lowest BCUT2D eigenvalue weighted by Crippen LogP contribution is -2.33. The highest BCUT2D eigenvalue weighted by Crippen LogP contribution is 2.33. The van der Waals surface area contributed by atoms with Crippen LogP contribution in [0.1, 0.15) is 62.8 Å². The molecule has 0 saturated carbocycles. The quantitative estimate of drug-likeness (QED) is 0.503. The van der Waals surface area contributed by atoms with E-state index in [1.165, 1.54) is 12.1 Å². The minimum atomic E-state index is -0.177. The van der Waals surface area contributed by atoms with Crippen molar-refractivity contribution in [1.29, 1.82) is 0 Å². The third-order valence-corrected chi connectivity index (χ3v) is 6.11. The predicted octanol–water partition coefficient (Wildman–Crippen LogP) is 6.63. The zero-order valence-corrected chi connectivity index (χ0v) is 17.5. The zero-order chi connectivity index (χ0) is 20.2. The van der Waals surface area contributed by atoms with E-state index in [0.717, 1.165) is 24.0 Å². The van der Waals surface area contributed by atoms with Gasteiger partial charge < -0.3 is 4.74 Å². The SMILES string of the molecule is CCC(C)(COCC(C)(CC)c1ccc(F)c(C)c1)c1ccc(F)c(C)c1. The highest BCUT2D eigenvalue weighted by Gasteiger charge is 2.30. The molecule has 2 aromatic rings. The minimum absolute atomic E-state index is 0.175. The van der Waals surface area contributed by atoms with E-state index in [1.807, 2.05) is 24.3 Å². The van der Waals surface area contributed by atoms with Crippen LogP contribution in [-0.4, -0.2) is 13.2 Å². The van der Waals surface area contributed by atoms with Crippen LogP contribution in [0.4, 0.5) is 8.78 Å². The summed E-state index contributed by atoms with van der Waals surface area (Å²) in [6, 6.07) is 10.6. The van der Waals surface area contributed by atoms with E-state index < -0.39 is 0 Å². The van der Waals surface area contributed by atoms with Gasteiger partial charge in [-0.25, -0.2) is 8.78 Å². The number of benzene rings is 2. The van der Waals surface area contributed by atoms with Gasteiger partial charge in [-0.1, -0.05) is 52.0 Å². The van der Waals surface area contributed by atoms with Gasteiger partial charge >= 0.3 is 0 Å². The summed E-state index contributed by atoms with van der Waals surface area (Å²) in [4.78, 5) is 0. The second kappa shape index (κ2) is 8.52. The Kier molecular flexibility index (Phi) is 6.80. The molecule has 0 aliphatic carbocycles. The average Bonchev–Trinajstić information content (AvgIpc) is 2.65. The first-order valence-corrected chi connectivity index (χ1v) is 9.76. The smallest absolute Gasteiger partial charge is 0.126 e. The Balaban J connectivity index is 2.14. The molecule has 0 spiro atoms. The van der Waals surface area contributed by atoms with E-state index in [4.69, 9.17) is 4.74 Å². The van der Waals surface area contributed by atoms with Gasteiger partial charge in [-0.3, -0.25) is 0 Å². The van der Waals surface area contributed by atoms with Crippen LogP contribution in [0, 0.1) is 25.5 Å². The van der Waals surface area contributed by atoms with Crippen LogP contribution in [0.3, 0.4) is 0 Å². The van der Waals surface area contributed by atoms with Crippen LogP contribution in [0.5, 0.6) is 0 Å². The fourth-order valence-corrected chi connectivity index (χ4v) is 3.32. The minimum Gasteiger partial charge on any atom is -0.380 e. The summed E-state index contributed by atoms with van der Waals surface area (Å²) < 4.78 is 33.5. The maximum Gasteiger partial charge on any atom is 0.126 e. The van der Waals surface area contributed by atoms with Crippen molar-refractivity contribution in [1.82, 2.24) is 0 Å². The van der Waals surface area contributed by atoms with Crippen molar-refractivity contribution in [3.8, 4) is 0 Å². The van der Waals surface area contributed by atoms with Crippen molar-refractivity contribution in [3.05, 3.63) is 70.3 Å². The third-order valence-electron chi connectivity index (χ3n) is 6.11. The summed E-state index contributed by atoms with van der Waals surface area (Å²) in [5, 5.41) is 0. The van der Waals surface area contributed by atoms with Gasteiger partial charge in [0.2, 0.25) is 0 Å². The Hall–Kier alpha value is -1.74. The summed E-state index contributed by atoms with van der Waals surface area (Å²) in [5.41, 5.74) is 3.16. The molecule has 0 aliphatic heterocycles. The van der Waals surface area contributed by atoms with Crippen LogP contribution in [0.2, 0.25) is 0 Å². The molecule has 1 nitrogen and oxygen atoms in total. The molecule has 0 radical (unpaired) electrons. The molecule has 3 heteroatoms. The van der Waals surface area contributed by atoms with Crippen LogP contribution in [0.25, 0.3) is 0 Å². The first-order chi connectivity index (χ1) is 12.6. The molecule has 0 fully saturated rings. The van der Waals surface area contributed by atoms with Crippen molar-refractivity contribution in [2.75, 3.05) is 13.2 Å². The second-order valence-electron chi connectivity index (χ2n) is 8.25. The molecule has 0 saturated heterocycles. The van der Waals surface area contributed by atoms with Gasteiger partial charge in [-0.05, 0) is 61.1 Å². The Morgan fingerprint density at radius 1 is 0.741 bits per heavy atom. The Morgan fingerprint density at radius 2 is 1.11 bits per heavy atom. The Labute approximate surface area is 162 Å². The van der Waals surface area contributed by atoms with E-state index in [1.54, 1.807) is 13.8 Å². The summed E-state index contributed by atoms with van der Waals surface area (Å²) in [6.45, 7) is 13.3. The number of hydrogen-bond acceptors (Lipinski definition) is 1. The molecule has 2 unspecified atom stereocenters. The fraction of sp³-hybridized carbons (Fsp3) is 0.500. The Morgan fingerprint density at radius 3 is 1.41 bits per heavy atom. The molecule has 0 N–H and O–H groups in total. The summed E-state index contributed by atoms with van der Waals surface area (Å²) in [5.74, 6) is -0.355. The zero-order valence-electron chi connectivity index (χ0n) is 17.5. The van der Waals surface area contributed by atoms with Gasteiger partial charge in [-0.15, -0.1) is 0 Å². The summed E-state index contributed by atoms with van der Waals surface area (Å²) in [7, 11) is 0. The lowest BCUT2D eigenvalue weighted by atomic mass is 9.79. The van der Waals surface area contributed by atoms with Crippen LogP contribution < -0.4 is 0 Å². The first kappa shape index (κ1) is 21.6. The predicted molar refractivity (Wildman–Crippen MR) is 108 cm³/mol. The molecule has 2 rings (SSSR count). The lowest BCUT2D eigenvalue weighted by Gasteiger charge is -2.33. The monoisotopic (exact) mass is 374 g/mol. The average molecular weight is 375 g/mol. The van der Waals surface area contributed by atoms with Crippen LogP contribution in [0.15, 0.2) is 36.4 Å². The number of rotatable bonds is 8. The van der Waals surface area contributed by atoms with Gasteiger partial charge in [0.25, 0.3) is 0 Å². The fourth-order valence-electron chi connectivity index (χ4n) is 3.32. The van der Waals surface area contributed by atoms with Gasteiger partial charge in [0.1, 0.15) is 11.6 Å². The van der Waals surface area contributed by atoms with E-state index in [-0.39, 0.29) is 22.5 Å². The maximum atomic E-state index is 13.6. The van der Waals surface area contributed by atoms with Gasteiger partial charge in [-0.2, -0.15) is 0 Å². The second-order valence-corrected chi connectivity index (χ2v) is 8.25. The topological polar surface area (TPSA) is 9.23 Å². The van der Waals surface area contributed by atoms with E-state index >= 15 is 0 Å². The van der Waals surface area contributed by atoms with Crippen molar-refractivity contribution < 1.29 is 13.5 Å². The highest BCUT2D eigenvalue weighted by atomic mass is 19.1. The van der Waals surface area contributed by atoms with Crippen molar-refractivity contribution in [2.45, 2.75) is 65.2 Å². The van der Waals surface area contributed by atoms with Gasteiger partial charge in [0, 0.05) is 10.8 Å². The molecule has 27 heavy (non-hydrogen) atoms. The van der Waals surface area contributed by atoms with E-state index in [9.17, 15) is 8.78 Å². The van der Waals surface area contributed by atoms with Crippen molar-refractivity contribution in [3.63, 3.8) is 0 Å². The van der Waals surface area contributed by atoms with Gasteiger partial charge in [0.05, 0.1) is 13.2 Å². The molecular weight excluding hydrogens is 342 g/mol.